The molecule has 4 nitrogen and oxygen atoms in total. The van der Waals surface area contributed by atoms with Gasteiger partial charge in [0.15, 0.2) is 0 Å². The third kappa shape index (κ3) is 3.04. The molecular weight excluding hydrogens is 204 g/mol. The van der Waals surface area contributed by atoms with Gasteiger partial charge in [-0.2, -0.15) is 0 Å². The Morgan fingerprint density at radius 1 is 1.25 bits per heavy atom. The zero-order valence-electron chi connectivity index (χ0n) is 10.7. The maximum atomic E-state index is 11.9. The number of likely N-dealkylation sites (tertiary alicyclic amines) is 1. The van der Waals surface area contributed by atoms with Gasteiger partial charge in [0.2, 0.25) is 11.8 Å². The van der Waals surface area contributed by atoms with Gasteiger partial charge in [-0.25, -0.2) is 0 Å². The van der Waals surface area contributed by atoms with Gasteiger partial charge in [-0.15, -0.1) is 0 Å². The van der Waals surface area contributed by atoms with Crippen molar-refractivity contribution >= 4 is 11.8 Å². The Kier molecular flexibility index (Phi) is 4.08. The average Bonchev–Trinajstić information content (AvgIpc) is 2.17. The van der Waals surface area contributed by atoms with E-state index in [1.54, 1.807) is 0 Å². The zero-order chi connectivity index (χ0) is 12.3. The second-order valence-electron chi connectivity index (χ2n) is 5.20. The number of nitrogens with one attached hydrogen (secondary N) is 1. The third-order valence-electron chi connectivity index (χ3n) is 3.47. The normalized spacial score (nSPS) is 20.8. The molecule has 4 heteroatoms. The summed E-state index contributed by atoms with van der Waals surface area (Å²) in [5, 5.41) is 2.40. The summed E-state index contributed by atoms with van der Waals surface area (Å²) in [4.78, 5) is 25.1. The molecule has 92 valence electrons. The lowest BCUT2D eigenvalue weighted by Crippen LogP contribution is -2.49. The van der Waals surface area contributed by atoms with Crippen LogP contribution in [0.5, 0.6) is 0 Å². The number of carbonyl (C=O) groups is 2. The number of imide groups is 1. The van der Waals surface area contributed by atoms with Crippen molar-refractivity contribution in [1.82, 2.24) is 10.2 Å². The molecule has 0 unspecified atom stereocenters. The maximum absolute atomic E-state index is 11.9. The van der Waals surface area contributed by atoms with Crippen molar-refractivity contribution in [3.63, 3.8) is 0 Å². The molecule has 0 atom stereocenters. The highest BCUT2D eigenvalue weighted by Crippen LogP contribution is 2.31. The summed E-state index contributed by atoms with van der Waals surface area (Å²) >= 11 is 0. The Labute approximate surface area is 97.4 Å². The van der Waals surface area contributed by atoms with Gasteiger partial charge >= 0.3 is 0 Å². The maximum Gasteiger partial charge on any atom is 0.232 e. The van der Waals surface area contributed by atoms with E-state index in [1.807, 2.05) is 6.92 Å². The third-order valence-corrected chi connectivity index (χ3v) is 3.47. The molecular formula is C12H22N2O2. The molecule has 1 N–H and O–H groups in total. The van der Waals surface area contributed by atoms with Gasteiger partial charge < -0.3 is 4.90 Å². The molecule has 1 saturated heterocycles. The van der Waals surface area contributed by atoms with Crippen LogP contribution in [0.2, 0.25) is 0 Å². The highest BCUT2D eigenvalue weighted by Gasteiger charge is 2.37. The molecule has 1 fully saturated rings. The van der Waals surface area contributed by atoms with Crippen LogP contribution >= 0.6 is 0 Å². The first-order valence-corrected chi connectivity index (χ1v) is 5.91. The van der Waals surface area contributed by atoms with Crippen molar-refractivity contribution in [1.29, 1.82) is 0 Å². The Balaban J connectivity index is 2.55. The fourth-order valence-corrected chi connectivity index (χ4v) is 2.07. The first-order chi connectivity index (χ1) is 7.35. The van der Waals surface area contributed by atoms with E-state index < -0.39 is 0 Å². The molecule has 0 aromatic heterocycles. The lowest BCUT2D eigenvalue weighted by Gasteiger charge is -2.39. The summed E-state index contributed by atoms with van der Waals surface area (Å²) in [6.45, 7) is 9.52. The summed E-state index contributed by atoms with van der Waals surface area (Å²) in [7, 11) is 0. The summed E-state index contributed by atoms with van der Waals surface area (Å²) in [5.41, 5.74) is -0.378. The van der Waals surface area contributed by atoms with Crippen molar-refractivity contribution < 1.29 is 9.59 Å². The standard InChI is InChI=1S/C12H22N2O2/c1-9(2)14-7-5-12(4,6-8-14)11(16)13-10(3)15/h9H,5-8H2,1-4H3,(H,13,15,16). The van der Waals surface area contributed by atoms with Gasteiger partial charge in [0.1, 0.15) is 0 Å². The Morgan fingerprint density at radius 3 is 2.12 bits per heavy atom. The lowest BCUT2D eigenvalue weighted by atomic mass is 9.79. The number of carbonyl (C=O) groups excluding carboxylic acids is 2. The number of amides is 2. The quantitative estimate of drug-likeness (QED) is 0.768. The predicted octanol–water partition coefficient (Wildman–Crippen LogP) is 1.16. The van der Waals surface area contributed by atoms with Crippen molar-refractivity contribution in [2.24, 2.45) is 5.41 Å². The number of hydrogen-bond acceptors (Lipinski definition) is 3. The second kappa shape index (κ2) is 4.95. The van der Waals surface area contributed by atoms with Crippen LogP contribution in [-0.4, -0.2) is 35.8 Å². The minimum absolute atomic E-state index is 0.122. The molecule has 16 heavy (non-hydrogen) atoms. The number of nitrogens with zero attached hydrogens (tertiary/aromatic N) is 1. The molecule has 1 rings (SSSR count). The Morgan fingerprint density at radius 2 is 1.75 bits per heavy atom. The molecule has 0 saturated carbocycles. The monoisotopic (exact) mass is 226 g/mol. The molecule has 0 aromatic carbocycles. The highest BCUT2D eigenvalue weighted by atomic mass is 16.2. The zero-order valence-corrected chi connectivity index (χ0v) is 10.7. The van der Waals surface area contributed by atoms with Crippen LogP contribution in [0.4, 0.5) is 0 Å². The van der Waals surface area contributed by atoms with Gasteiger partial charge in [-0.1, -0.05) is 6.92 Å². The fourth-order valence-electron chi connectivity index (χ4n) is 2.07. The van der Waals surface area contributed by atoms with E-state index >= 15 is 0 Å². The van der Waals surface area contributed by atoms with Gasteiger partial charge in [-0.3, -0.25) is 14.9 Å². The van der Waals surface area contributed by atoms with Gasteiger partial charge in [0.25, 0.3) is 0 Å². The van der Waals surface area contributed by atoms with Crippen LogP contribution in [0, 0.1) is 5.41 Å². The Hall–Kier alpha value is -0.900. The minimum Gasteiger partial charge on any atom is -0.301 e. The molecule has 1 heterocycles. The van der Waals surface area contributed by atoms with Crippen LogP contribution < -0.4 is 5.32 Å². The highest BCUT2D eigenvalue weighted by molar-refractivity contribution is 5.96. The largest absolute Gasteiger partial charge is 0.301 e. The molecule has 0 aliphatic carbocycles. The van der Waals surface area contributed by atoms with E-state index in [1.165, 1.54) is 6.92 Å². The summed E-state index contributed by atoms with van der Waals surface area (Å²) in [5.74, 6) is -0.388. The van der Waals surface area contributed by atoms with E-state index in [2.05, 4.69) is 24.1 Å². The van der Waals surface area contributed by atoms with Crippen molar-refractivity contribution in [3.05, 3.63) is 0 Å². The lowest BCUT2D eigenvalue weighted by molar-refractivity contribution is -0.137. The molecule has 1 aliphatic rings. The van der Waals surface area contributed by atoms with Crippen LogP contribution in [-0.2, 0) is 9.59 Å². The van der Waals surface area contributed by atoms with E-state index in [0.29, 0.717) is 6.04 Å². The SMILES string of the molecule is CC(=O)NC(=O)C1(C)CCN(C(C)C)CC1. The van der Waals surface area contributed by atoms with Crippen molar-refractivity contribution in [2.75, 3.05) is 13.1 Å². The van der Waals surface area contributed by atoms with E-state index in [9.17, 15) is 9.59 Å². The number of hydrogen-bond donors (Lipinski definition) is 1. The van der Waals surface area contributed by atoms with E-state index in [4.69, 9.17) is 0 Å². The Bertz CT molecular complexity index is 279. The molecule has 0 radical (unpaired) electrons. The average molecular weight is 226 g/mol. The molecule has 1 aliphatic heterocycles. The van der Waals surface area contributed by atoms with Gasteiger partial charge in [0, 0.05) is 18.4 Å². The smallest absolute Gasteiger partial charge is 0.232 e. The summed E-state index contributed by atoms with van der Waals surface area (Å²) < 4.78 is 0. The van der Waals surface area contributed by atoms with Gasteiger partial charge in [0.05, 0.1) is 0 Å². The topological polar surface area (TPSA) is 49.4 Å². The predicted molar refractivity (Wildman–Crippen MR) is 62.9 cm³/mol. The van der Waals surface area contributed by atoms with Crippen molar-refractivity contribution in [3.8, 4) is 0 Å². The number of piperidine rings is 1. The first-order valence-electron chi connectivity index (χ1n) is 5.91. The fraction of sp³-hybridized carbons (Fsp3) is 0.833. The van der Waals surface area contributed by atoms with Gasteiger partial charge in [-0.05, 0) is 39.8 Å². The van der Waals surface area contributed by atoms with E-state index in [-0.39, 0.29) is 17.2 Å². The number of rotatable bonds is 2. The minimum atomic E-state index is -0.378. The molecule has 0 bridgehead atoms. The van der Waals surface area contributed by atoms with E-state index in [0.717, 1.165) is 25.9 Å². The molecule has 2 amide bonds. The van der Waals surface area contributed by atoms with Crippen molar-refractivity contribution in [2.45, 2.75) is 46.6 Å². The molecule has 0 spiro atoms. The molecule has 0 aromatic rings. The summed E-state index contributed by atoms with van der Waals surface area (Å²) in [6.07, 6.45) is 1.65. The first kappa shape index (κ1) is 13.2. The van der Waals surface area contributed by atoms with Crippen LogP contribution in [0.1, 0.15) is 40.5 Å². The summed E-state index contributed by atoms with van der Waals surface area (Å²) in [6, 6.07) is 0.528. The van der Waals surface area contributed by atoms with Crippen LogP contribution in [0.25, 0.3) is 0 Å². The van der Waals surface area contributed by atoms with Crippen LogP contribution in [0.15, 0.2) is 0 Å². The van der Waals surface area contributed by atoms with Crippen LogP contribution in [0.3, 0.4) is 0 Å². The second-order valence-corrected chi connectivity index (χ2v) is 5.20.